The second-order valence-electron chi connectivity index (χ2n) is 9.14. The first-order valence-electron chi connectivity index (χ1n) is 11.9. The number of carbonyl (C=O) groups is 2. The Kier molecular flexibility index (Phi) is 7.48. The predicted molar refractivity (Wildman–Crippen MR) is 139 cm³/mol. The largest absolute Gasteiger partial charge is 0.496 e. The molecule has 34 heavy (non-hydrogen) atoms. The fraction of sp³-hybridized carbons (Fsp3) is 0.462. The van der Waals surface area contributed by atoms with Crippen LogP contribution in [0.2, 0.25) is 0 Å². The number of nitrogens with one attached hydrogen (secondary N) is 3. The third-order valence-electron chi connectivity index (χ3n) is 6.98. The van der Waals surface area contributed by atoms with Crippen molar-refractivity contribution < 1.29 is 14.3 Å². The van der Waals surface area contributed by atoms with E-state index in [4.69, 9.17) is 4.74 Å². The van der Waals surface area contributed by atoms with Gasteiger partial charge in [-0.15, -0.1) is 0 Å². The number of amides is 2. The first-order valence-corrected chi connectivity index (χ1v) is 12.7. The van der Waals surface area contributed by atoms with Gasteiger partial charge in [0.2, 0.25) is 5.91 Å². The first kappa shape index (κ1) is 24.5. The third-order valence-corrected chi connectivity index (χ3v) is 7.68. The molecular weight excluding hydrogens is 496 g/mol. The number of carbonyl (C=O) groups excluding carboxylic acids is 2. The summed E-state index contributed by atoms with van der Waals surface area (Å²) in [5.74, 6) is 0.525. The van der Waals surface area contributed by atoms with Crippen LogP contribution in [-0.2, 0) is 11.3 Å². The van der Waals surface area contributed by atoms with E-state index in [1.165, 1.54) is 0 Å². The number of fused-ring (bicyclic) bond motifs is 1. The first-order chi connectivity index (χ1) is 16.4. The Labute approximate surface area is 209 Å². The summed E-state index contributed by atoms with van der Waals surface area (Å²) in [6.45, 7) is 3.97. The molecule has 0 spiro atoms. The normalized spacial score (nSPS) is 16.8. The molecule has 1 saturated carbocycles. The van der Waals surface area contributed by atoms with Crippen molar-refractivity contribution in [1.29, 1.82) is 0 Å². The number of methoxy groups -OCH3 is 1. The molecule has 1 fully saturated rings. The number of anilines is 2. The minimum atomic E-state index is -0.869. The van der Waals surface area contributed by atoms with Gasteiger partial charge in [0, 0.05) is 47.1 Å². The molecule has 1 aliphatic heterocycles. The van der Waals surface area contributed by atoms with Gasteiger partial charge >= 0.3 is 0 Å². The molecule has 0 unspecified atom stereocenters. The van der Waals surface area contributed by atoms with Crippen LogP contribution in [0.4, 0.5) is 11.4 Å². The van der Waals surface area contributed by atoms with Crippen molar-refractivity contribution in [3.8, 4) is 5.75 Å². The Morgan fingerprint density at radius 1 is 1.12 bits per heavy atom. The van der Waals surface area contributed by atoms with E-state index in [2.05, 4.69) is 31.9 Å². The zero-order valence-corrected chi connectivity index (χ0v) is 21.7. The van der Waals surface area contributed by atoms with E-state index in [0.29, 0.717) is 30.6 Å². The smallest absolute Gasteiger partial charge is 0.255 e. The molecular formula is C26H33BrN4O3. The molecule has 8 heteroatoms. The quantitative estimate of drug-likeness (QED) is 0.432. The lowest BCUT2D eigenvalue weighted by Gasteiger charge is -2.43. The number of rotatable bonds is 8. The van der Waals surface area contributed by atoms with Gasteiger partial charge in [0.25, 0.3) is 5.91 Å². The molecule has 3 N–H and O–H groups in total. The van der Waals surface area contributed by atoms with Crippen molar-refractivity contribution >= 4 is 39.1 Å². The minimum absolute atomic E-state index is 0.0773. The predicted octanol–water partition coefficient (Wildman–Crippen LogP) is 4.69. The molecule has 1 aliphatic carbocycles. The van der Waals surface area contributed by atoms with Crippen LogP contribution in [0.15, 0.2) is 34.8 Å². The average Bonchev–Trinajstić information content (AvgIpc) is 3.18. The minimum Gasteiger partial charge on any atom is -0.496 e. The van der Waals surface area contributed by atoms with Gasteiger partial charge in [0.05, 0.1) is 7.11 Å². The molecule has 2 amide bonds. The van der Waals surface area contributed by atoms with Crippen molar-refractivity contribution in [2.45, 2.75) is 51.1 Å². The van der Waals surface area contributed by atoms with Crippen molar-refractivity contribution in [1.82, 2.24) is 10.2 Å². The number of halogens is 1. The topological polar surface area (TPSA) is 82.7 Å². The number of hydrogen-bond acceptors (Lipinski definition) is 5. The van der Waals surface area contributed by atoms with Crippen LogP contribution in [0, 0.1) is 6.92 Å². The highest BCUT2D eigenvalue weighted by Gasteiger charge is 2.50. The SMILES string of the molecule is CNCCNc1cc(Br)c2c(c1)C(=O)N(C1(C(=O)Nc3ccc(C)c(OC)c3)CCCCC1)C2. The summed E-state index contributed by atoms with van der Waals surface area (Å²) in [5.41, 5.74) is 3.31. The summed E-state index contributed by atoms with van der Waals surface area (Å²) in [7, 11) is 3.53. The number of nitrogens with zero attached hydrogens (tertiary/aromatic N) is 1. The van der Waals surface area contributed by atoms with Gasteiger partial charge in [0.1, 0.15) is 11.3 Å². The Bertz CT molecular complexity index is 1080. The number of hydrogen-bond donors (Lipinski definition) is 3. The molecule has 0 atom stereocenters. The van der Waals surface area contributed by atoms with E-state index in [-0.39, 0.29) is 11.8 Å². The fourth-order valence-corrected chi connectivity index (χ4v) is 5.63. The number of likely N-dealkylation sites (N-methyl/N-ethyl adjacent to an activating group) is 1. The van der Waals surface area contributed by atoms with E-state index in [9.17, 15) is 9.59 Å². The zero-order chi connectivity index (χ0) is 24.3. The molecule has 1 heterocycles. The van der Waals surface area contributed by atoms with E-state index in [0.717, 1.165) is 59.4 Å². The summed E-state index contributed by atoms with van der Waals surface area (Å²) in [5, 5.41) is 9.56. The van der Waals surface area contributed by atoms with E-state index in [1.807, 2.05) is 44.3 Å². The van der Waals surface area contributed by atoms with E-state index >= 15 is 0 Å². The molecule has 0 bridgehead atoms. The molecule has 7 nitrogen and oxygen atoms in total. The Hall–Kier alpha value is -2.58. The summed E-state index contributed by atoms with van der Waals surface area (Å²) in [6, 6.07) is 9.57. The van der Waals surface area contributed by atoms with E-state index < -0.39 is 5.54 Å². The van der Waals surface area contributed by atoms with Crippen LogP contribution in [0.5, 0.6) is 5.75 Å². The van der Waals surface area contributed by atoms with Gasteiger partial charge in [-0.25, -0.2) is 0 Å². The monoisotopic (exact) mass is 528 g/mol. The van der Waals surface area contributed by atoms with Crippen LogP contribution in [0.25, 0.3) is 0 Å². The van der Waals surface area contributed by atoms with Crippen molar-refractivity contribution in [3.05, 3.63) is 51.5 Å². The molecule has 182 valence electrons. The van der Waals surface area contributed by atoms with Crippen LogP contribution in [0.1, 0.15) is 53.6 Å². The Morgan fingerprint density at radius 3 is 2.59 bits per heavy atom. The summed E-state index contributed by atoms with van der Waals surface area (Å²) in [4.78, 5) is 29.3. The van der Waals surface area contributed by atoms with Crippen LogP contribution in [-0.4, -0.2) is 49.5 Å². The summed E-state index contributed by atoms with van der Waals surface area (Å²) in [6.07, 6.45) is 4.23. The van der Waals surface area contributed by atoms with Crippen LogP contribution >= 0.6 is 15.9 Å². The lowest BCUT2D eigenvalue weighted by molar-refractivity contribution is -0.129. The van der Waals surface area contributed by atoms with Crippen molar-refractivity contribution in [3.63, 3.8) is 0 Å². The third kappa shape index (κ3) is 4.66. The van der Waals surface area contributed by atoms with Gasteiger partial charge in [0.15, 0.2) is 0 Å². The molecule has 2 aliphatic rings. The van der Waals surface area contributed by atoms with Crippen LogP contribution in [0.3, 0.4) is 0 Å². The highest BCUT2D eigenvalue weighted by Crippen LogP contribution is 2.42. The molecule has 0 radical (unpaired) electrons. The summed E-state index contributed by atoms with van der Waals surface area (Å²) < 4.78 is 6.32. The summed E-state index contributed by atoms with van der Waals surface area (Å²) >= 11 is 3.67. The zero-order valence-electron chi connectivity index (χ0n) is 20.1. The van der Waals surface area contributed by atoms with Gasteiger partial charge in [-0.3, -0.25) is 9.59 Å². The number of benzene rings is 2. The maximum atomic E-state index is 13.8. The highest BCUT2D eigenvalue weighted by atomic mass is 79.9. The highest BCUT2D eigenvalue weighted by molar-refractivity contribution is 9.10. The lowest BCUT2D eigenvalue weighted by atomic mass is 9.79. The number of aryl methyl sites for hydroxylation is 1. The maximum Gasteiger partial charge on any atom is 0.255 e. The fourth-order valence-electron chi connectivity index (χ4n) is 5.04. The van der Waals surface area contributed by atoms with Crippen molar-refractivity contribution in [2.24, 2.45) is 0 Å². The second kappa shape index (κ2) is 10.4. The van der Waals surface area contributed by atoms with Gasteiger partial charge < -0.3 is 25.6 Å². The molecule has 2 aromatic rings. The molecule has 0 saturated heterocycles. The van der Waals surface area contributed by atoms with Gasteiger partial charge in [-0.05, 0) is 56.1 Å². The Morgan fingerprint density at radius 2 is 1.88 bits per heavy atom. The van der Waals surface area contributed by atoms with E-state index in [1.54, 1.807) is 12.0 Å². The van der Waals surface area contributed by atoms with Gasteiger partial charge in [-0.2, -0.15) is 0 Å². The molecule has 0 aromatic heterocycles. The van der Waals surface area contributed by atoms with Crippen molar-refractivity contribution in [2.75, 3.05) is 37.9 Å². The molecule has 2 aromatic carbocycles. The Balaban J connectivity index is 1.62. The maximum absolute atomic E-state index is 13.8. The lowest BCUT2D eigenvalue weighted by Crippen LogP contribution is -2.58. The van der Waals surface area contributed by atoms with Crippen LogP contribution < -0.4 is 20.7 Å². The van der Waals surface area contributed by atoms with Gasteiger partial charge in [-0.1, -0.05) is 41.3 Å². The number of ether oxygens (including phenoxy) is 1. The standard InChI is InChI=1S/C26H33BrN4O3/c1-17-7-8-18(15-23(17)34-3)30-25(33)26(9-5-4-6-10-26)31-16-21-20(24(31)32)13-19(14-22(21)27)29-12-11-28-2/h7-8,13-15,28-29H,4-6,9-12,16H2,1-3H3,(H,30,33). The second-order valence-corrected chi connectivity index (χ2v) is 9.99. The average molecular weight is 529 g/mol. The molecule has 4 rings (SSSR count).